The highest BCUT2D eigenvalue weighted by atomic mass is 32.1. The SMILES string of the molecule is COCCN(Cc1nc2sc3c(c2c(=O)[nH]1)CCCC3)C[C@@H](O)Cc1ccccc1. The molecule has 0 fully saturated rings. The molecule has 4 rings (SSSR count). The minimum Gasteiger partial charge on any atom is -0.391 e. The highest BCUT2D eigenvalue weighted by Crippen LogP contribution is 2.33. The Balaban J connectivity index is 1.51. The van der Waals surface area contributed by atoms with E-state index in [2.05, 4.69) is 9.88 Å². The summed E-state index contributed by atoms with van der Waals surface area (Å²) in [5.74, 6) is 0.647. The van der Waals surface area contributed by atoms with Crippen molar-refractivity contribution in [1.82, 2.24) is 14.9 Å². The number of thiophene rings is 1. The third-order valence-electron chi connectivity index (χ3n) is 5.64. The Morgan fingerprint density at radius 2 is 2.07 bits per heavy atom. The number of aromatic nitrogens is 2. The van der Waals surface area contributed by atoms with Crippen LogP contribution in [-0.4, -0.2) is 52.9 Å². The molecule has 1 atom stereocenters. The Labute approximate surface area is 180 Å². The van der Waals surface area contributed by atoms with Gasteiger partial charge in [0.2, 0.25) is 0 Å². The first-order valence-electron chi connectivity index (χ1n) is 10.6. The minimum atomic E-state index is -0.506. The fourth-order valence-electron chi connectivity index (χ4n) is 4.20. The quantitative estimate of drug-likeness (QED) is 0.549. The number of hydrogen-bond donors (Lipinski definition) is 2. The number of benzene rings is 1. The van der Waals surface area contributed by atoms with Gasteiger partial charge in [-0.2, -0.15) is 0 Å². The number of nitrogens with zero attached hydrogens (tertiary/aromatic N) is 2. The van der Waals surface area contributed by atoms with Crippen molar-refractivity contribution >= 4 is 21.6 Å². The summed E-state index contributed by atoms with van der Waals surface area (Å²) in [5, 5.41) is 11.4. The average molecular weight is 428 g/mol. The second-order valence-electron chi connectivity index (χ2n) is 7.98. The van der Waals surface area contributed by atoms with Crippen molar-refractivity contribution in [2.45, 2.75) is 44.8 Å². The smallest absolute Gasteiger partial charge is 0.259 e. The van der Waals surface area contributed by atoms with E-state index in [1.165, 1.54) is 16.9 Å². The van der Waals surface area contributed by atoms with E-state index in [0.717, 1.165) is 35.0 Å². The van der Waals surface area contributed by atoms with E-state index >= 15 is 0 Å². The summed E-state index contributed by atoms with van der Waals surface area (Å²) in [6.45, 7) is 2.17. The lowest BCUT2D eigenvalue weighted by atomic mass is 9.97. The molecule has 0 aliphatic heterocycles. The number of ether oxygens (including phenoxy) is 1. The molecule has 6 nitrogen and oxygen atoms in total. The lowest BCUT2D eigenvalue weighted by Crippen LogP contribution is -2.36. The summed E-state index contributed by atoms with van der Waals surface area (Å²) in [4.78, 5) is 24.8. The van der Waals surface area contributed by atoms with Crippen LogP contribution in [0.4, 0.5) is 0 Å². The monoisotopic (exact) mass is 427 g/mol. The van der Waals surface area contributed by atoms with Gasteiger partial charge < -0.3 is 14.8 Å². The van der Waals surface area contributed by atoms with Crippen molar-refractivity contribution in [2.75, 3.05) is 26.8 Å². The van der Waals surface area contributed by atoms with Crippen LogP contribution in [0, 0.1) is 0 Å². The van der Waals surface area contributed by atoms with Gasteiger partial charge in [0.05, 0.1) is 24.6 Å². The maximum absolute atomic E-state index is 12.8. The Bertz CT molecular complexity index is 1030. The van der Waals surface area contributed by atoms with E-state index in [0.29, 0.717) is 38.5 Å². The van der Waals surface area contributed by atoms with Gasteiger partial charge in [-0.05, 0) is 43.2 Å². The van der Waals surface area contributed by atoms with Gasteiger partial charge in [-0.1, -0.05) is 30.3 Å². The van der Waals surface area contributed by atoms with Gasteiger partial charge in [0.1, 0.15) is 10.7 Å². The molecule has 1 aliphatic rings. The minimum absolute atomic E-state index is 0.0362. The number of H-pyrrole nitrogens is 1. The maximum atomic E-state index is 12.8. The van der Waals surface area contributed by atoms with Gasteiger partial charge in [-0.3, -0.25) is 9.69 Å². The number of hydrogen-bond acceptors (Lipinski definition) is 6. The van der Waals surface area contributed by atoms with Crippen LogP contribution in [0.15, 0.2) is 35.1 Å². The van der Waals surface area contributed by atoms with Crippen LogP contribution in [0.3, 0.4) is 0 Å². The molecule has 2 aromatic heterocycles. The van der Waals surface area contributed by atoms with Crippen molar-refractivity contribution in [3.8, 4) is 0 Å². The van der Waals surface area contributed by atoms with E-state index in [-0.39, 0.29) is 5.56 Å². The standard InChI is InChI=1S/C23H29N3O3S/c1-29-12-11-26(14-17(27)13-16-7-3-2-4-8-16)15-20-24-22(28)21-18-9-5-6-10-19(18)30-23(21)25-20/h2-4,7-8,17,27H,5-6,9-15H2,1H3,(H,24,25,28)/t17-/m0/s1. The van der Waals surface area contributed by atoms with Gasteiger partial charge >= 0.3 is 0 Å². The summed E-state index contributed by atoms with van der Waals surface area (Å²) < 4.78 is 5.25. The van der Waals surface area contributed by atoms with Crippen molar-refractivity contribution < 1.29 is 9.84 Å². The Morgan fingerprint density at radius 1 is 1.27 bits per heavy atom. The predicted molar refractivity (Wildman–Crippen MR) is 120 cm³/mol. The molecule has 7 heteroatoms. The van der Waals surface area contributed by atoms with Crippen molar-refractivity contribution in [3.63, 3.8) is 0 Å². The largest absolute Gasteiger partial charge is 0.391 e. The lowest BCUT2D eigenvalue weighted by molar-refractivity contribution is 0.0837. The number of rotatable bonds is 9. The second-order valence-corrected chi connectivity index (χ2v) is 9.06. The van der Waals surface area contributed by atoms with Gasteiger partial charge in [0.15, 0.2) is 0 Å². The van der Waals surface area contributed by atoms with Crippen LogP contribution in [0.2, 0.25) is 0 Å². The number of nitrogens with one attached hydrogen (secondary N) is 1. The summed E-state index contributed by atoms with van der Waals surface area (Å²) in [5.41, 5.74) is 2.27. The van der Waals surface area contributed by atoms with Crippen LogP contribution in [0.5, 0.6) is 0 Å². The van der Waals surface area contributed by atoms with Gasteiger partial charge in [-0.15, -0.1) is 11.3 Å². The molecule has 0 saturated heterocycles. The normalized spacial score (nSPS) is 14.9. The number of methoxy groups -OCH3 is 1. The highest BCUT2D eigenvalue weighted by molar-refractivity contribution is 7.18. The van der Waals surface area contributed by atoms with Crippen molar-refractivity contribution in [2.24, 2.45) is 0 Å². The number of aromatic amines is 1. The fourth-order valence-corrected chi connectivity index (χ4v) is 5.48. The lowest BCUT2D eigenvalue weighted by Gasteiger charge is -2.24. The zero-order valence-electron chi connectivity index (χ0n) is 17.4. The van der Waals surface area contributed by atoms with E-state index < -0.39 is 6.10 Å². The predicted octanol–water partition coefficient (Wildman–Crippen LogP) is 2.92. The number of aliphatic hydroxyl groups is 1. The number of aliphatic hydroxyl groups excluding tert-OH is 1. The van der Waals surface area contributed by atoms with Crippen LogP contribution >= 0.6 is 11.3 Å². The molecule has 0 bridgehead atoms. The van der Waals surface area contributed by atoms with Crippen LogP contribution in [0.25, 0.3) is 10.2 Å². The number of aryl methyl sites for hydroxylation is 2. The van der Waals surface area contributed by atoms with Gasteiger partial charge in [0, 0.05) is 25.1 Å². The molecular weight excluding hydrogens is 398 g/mol. The van der Waals surface area contributed by atoms with Gasteiger partial charge in [0.25, 0.3) is 5.56 Å². The summed E-state index contributed by atoms with van der Waals surface area (Å²) in [7, 11) is 1.67. The van der Waals surface area contributed by atoms with Crippen LogP contribution < -0.4 is 5.56 Å². The van der Waals surface area contributed by atoms with Crippen molar-refractivity contribution in [3.05, 3.63) is 62.5 Å². The molecule has 0 unspecified atom stereocenters. The third kappa shape index (κ3) is 4.98. The third-order valence-corrected chi connectivity index (χ3v) is 6.83. The molecule has 160 valence electrons. The summed E-state index contributed by atoms with van der Waals surface area (Å²) >= 11 is 1.66. The summed E-state index contributed by atoms with van der Waals surface area (Å²) in [6.07, 6.45) is 4.44. The zero-order chi connectivity index (χ0) is 20.9. The number of fused-ring (bicyclic) bond motifs is 3. The van der Waals surface area contributed by atoms with E-state index in [1.807, 2.05) is 30.3 Å². The molecule has 1 aromatic carbocycles. The molecule has 3 aromatic rings. The molecule has 0 spiro atoms. The van der Waals surface area contributed by atoms with E-state index in [1.54, 1.807) is 18.4 Å². The zero-order valence-corrected chi connectivity index (χ0v) is 18.2. The first-order chi connectivity index (χ1) is 14.6. The van der Waals surface area contributed by atoms with Crippen molar-refractivity contribution in [1.29, 1.82) is 0 Å². The Hall–Kier alpha value is -2.06. The first-order valence-corrected chi connectivity index (χ1v) is 11.4. The van der Waals surface area contributed by atoms with E-state index in [9.17, 15) is 9.90 Å². The highest BCUT2D eigenvalue weighted by Gasteiger charge is 2.21. The molecule has 2 heterocycles. The van der Waals surface area contributed by atoms with E-state index in [4.69, 9.17) is 9.72 Å². The van der Waals surface area contributed by atoms with Crippen LogP contribution in [0.1, 0.15) is 34.7 Å². The Morgan fingerprint density at radius 3 is 2.87 bits per heavy atom. The maximum Gasteiger partial charge on any atom is 0.259 e. The Kier molecular flexibility index (Phi) is 6.94. The van der Waals surface area contributed by atoms with Gasteiger partial charge in [-0.25, -0.2) is 4.98 Å². The molecule has 0 radical (unpaired) electrons. The molecule has 0 saturated carbocycles. The molecule has 0 amide bonds. The molecule has 2 N–H and O–H groups in total. The fraction of sp³-hybridized carbons (Fsp3) is 0.478. The molecule has 1 aliphatic carbocycles. The first kappa shape index (κ1) is 21.2. The average Bonchev–Trinajstić information content (AvgIpc) is 3.11. The summed E-state index contributed by atoms with van der Waals surface area (Å²) in [6, 6.07) is 9.98. The second kappa shape index (κ2) is 9.83. The molecule has 30 heavy (non-hydrogen) atoms. The topological polar surface area (TPSA) is 78.5 Å². The molecular formula is C23H29N3O3S. The van der Waals surface area contributed by atoms with Crippen LogP contribution in [-0.2, 0) is 30.5 Å².